The van der Waals surface area contributed by atoms with E-state index in [1.807, 2.05) is 31.2 Å². The molecule has 0 heterocycles. The zero-order chi connectivity index (χ0) is 24.8. The number of nitro benzene ring substituents is 1. The molecule has 2 amide bonds. The van der Waals surface area contributed by atoms with E-state index in [0.717, 1.165) is 27.8 Å². The first-order valence-electron chi connectivity index (χ1n) is 10.3. The summed E-state index contributed by atoms with van der Waals surface area (Å²) in [6.07, 6.45) is 0.915. The van der Waals surface area contributed by atoms with Crippen LogP contribution in [0.25, 0.3) is 0 Å². The highest BCUT2D eigenvalue weighted by atomic mass is 32.2. The van der Waals surface area contributed by atoms with E-state index in [1.54, 1.807) is 13.8 Å². The molecule has 0 aliphatic carbocycles. The molecule has 178 valence electrons. The third-order valence-corrected chi connectivity index (χ3v) is 6.27. The molecule has 0 aliphatic rings. The molecule has 0 aliphatic heterocycles. The van der Waals surface area contributed by atoms with Crippen molar-refractivity contribution in [3.05, 3.63) is 69.8 Å². The molecule has 0 radical (unpaired) electrons. The number of carbonyl (C=O) groups is 2. The van der Waals surface area contributed by atoms with Crippen LogP contribution in [0, 0.1) is 17.0 Å². The molecule has 0 bridgehead atoms. The van der Waals surface area contributed by atoms with Crippen molar-refractivity contribution in [3.63, 3.8) is 0 Å². The average Bonchev–Trinajstić information content (AvgIpc) is 2.75. The Morgan fingerprint density at radius 2 is 1.82 bits per heavy atom. The van der Waals surface area contributed by atoms with Gasteiger partial charge in [-0.25, -0.2) is 8.42 Å². The molecule has 0 saturated carbocycles. The van der Waals surface area contributed by atoms with E-state index in [9.17, 15) is 28.1 Å². The molecule has 33 heavy (non-hydrogen) atoms. The maximum atomic E-state index is 13.4. The molecule has 0 spiro atoms. The molecule has 11 heteroatoms. The summed E-state index contributed by atoms with van der Waals surface area (Å²) in [5.74, 6) is -0.991. The van der Waals surface area contributed by atoms with Crippen LogP contribution in [-0.2, 0) is 26.2 Å². The quantitative estimate of drug-likeness (QED) is 0.413. The summed E-state index contributed by atoms with van der Waals surface area (Å²) in [6, 6.07) is 11.5. The molecular weight excluding hydrogens is 448 g/mol. The van der Waals surface area contributed by atoms with Gasteiger partial charge in [-0.2, -0.15) is 0 Å². The van der Waals surface area contributed by atoms with Gasteiger partial charge in [-0.05, 0) is 38.0 Å². The van der Waals surface area contributed by atoms with Crippen molar-refractivity contribution in [2.75, 3.05) is 23.7 Å². The second-order valence-electron chi connectivity index (χ2n) is 7.57. The summed E-state index contributed by atoms with van der Waals surface area (Å²) in [5, 5.41) is 13.8. The Morgan fingerprint density at radius 1 is 1.15 bits per heavy atom. The van der Waals surface area contributed by atoms with Gasteiger partial charge in [0.1, 0.15) is 12.6 Å². The van der Waals surface area contributed by atoms with Crippen molar-refractivity contribution in [1.29, 1.82) is 0 Å². The van der Waals surface area contributed by atoms with Gasteiger partial charge in [0.25, 0.3) is 5.69 Å². The van der Waals surface area contributed by atoms with Crippen LogP contribution >= 0.6 is 0 Å². The van der Waals surface area contributed by atoms with Gasteiger partial charge in [-0.15, -0.1) is 0 Å². The fourth-order valence-electron chi connectivity index (χ4n) is 3.25. The number of rotatable bonds is 10. The second kappa shape index (κ2) is 10.9. The van der Waals surface area contributed by atoms with Crippen molar-refractivity contribution in [3.8, 4) is 0 Å². The van der Waals surface area contributed by atoms with E-state index in [-0.39, 0.29) is 23.8 Å². The Labute approximate surface area is 193 Å². The monoisotopic (exact) mass is 476 g/mol. The van der Waals surface area contributed by atoms with Gasteiger partial charge in [0.05, 0.1) is 16.9 Å². The highest BCUT2D eigenvalue weighted by molar-refractivity contribution is 7.92. The van der Waals surface area contributed by atoms with E-state index >= 15 is 0 Å². The molecule has 1 atom stereocenters. The Balaban J connectivity index is 2.44. The minimum Gasteiger partial charge on any atom is -0.355 e. The van der Waals surface area contributed by atoms with Crippen LogP contribution in [0.1, 0.15) is 25.0 Å². The van der Waals surface area contributed by atoms with E-state index in [1.165, 1.54) is 23.1 Å². The van der Waals surface area contributed by atoms with Crippen molar-refractivity contribution in [2.45, 2.75) is 33.4 Å². The van der Waals surface area contributed by atoms with Crippen LogP contribution in [-0.4, -0.2) is 55.4 Å². The first kappa shape index (κ1) is 25.8. The van der Waals surface area contributed by atoms with Gasteiger partial charge in [0, 0.05) is 25.2 Å². The second-order valence-corrected chi connectivity index (χ2v) is 9.47. The lowest BCUT2D eigenvalue weighted by Gasteiger charge is -2.31. The van der Waals surface area contributed by atoms with Crippen LogP contribution in [0.2, 0.25) is 0 Å². The largest absolute Gasteiger partial charge is 0.355 e. The minimum atomic E-state index is -3.96. The van der Waals surface area contributed by atoms with Crippen LogP contribution in [0.5, 0.6) is 0 Å². The van der Waals surface area contributed by atoms with Crippen LogP contribution in [0.3, 0.4) is 0 Å². The van der Waals surface area contributed by atoms with Gasteiger partial charge in [0.15, 0.2) is 0 Å². The summed E-state index contributed by atoms with van der Waals surface area (Å²) in [5.41, 5.74) is 1.41. The van der Waals surface area contributed by atoms with E-state index in [4.69, 9.17) is 0 Å². The van der Waals surface area contributed by atoms with Gasteiger partial charge >= 0.3 is 0 Å². The molecule has 10 nitrogen and oxygen atoms in total. The standard InChI is InChI=1S/C22H28N4O6S/c1-5-23-22(28)17(3)24(14-18-10-7-6-9-16(18)2)21(27)15-25(33(4,31)32)19-11-8-12-20(13-19)26(29)30/h6-13,17H,5,14-15H2,1-4H3,(H,23,28). The van der Waals surface area contributed by atoms with E-state index in [2.05, 4.69) is 5.32 Å². The minimum absolute atomic E-state index is 0.0124. The summed E-state index contributed by atoms with van der Waals surface area (Å²) < 4.78 is 25.8. The Bertz CT molecular complexity index is 1140. The molecule has 2 rings (SSSR count). The number of sulfonamides is 1. The SMILES string of the molecule is CCNC(=O)C(C)N(Cc1ccccc1C)C(=O)CN(c1cccc([N+](=O)[O-])c1)S(C)(=O)=O. The van der Waals surface area contributed by atoms with Gasteiger partial charge in [-0.3, -0.25) is 24.0 Å². The smallest absolute Gasteiger partial charge is 0.271 e. The predicted octanol–water partition coefficient (Wildman–Crippen LogP) is 2.22. The molecule has 2 aromatic rings. The third-order valence-electron chi connectivity index (χ3n) is 5.13. The van der Waals surface area contributed by atoms with Crippen LogP contribution in [0.4, 0.5) is 11.4 Å². The van der Waals surface area contributed by atoms with Gasteiger partial charge < -0.3 is 10.2 Å². The number of nitrogens with zero attached hydrogens (tertiary/aromatic N) is 3. The molecule has 1 N–H and O–H groups in total. The highest BCUT2D eigenvalue weighted by Crippen LogP contribution is 2.24. The summed E-state index contributed by atoms with van der Waals surface area (Å²) >= 11 is 0. The average molecular weight is 477 g/mol. The fourth-order valence-corrected chi connectivity index (χ4v) is 4.09. The molecular formula is C22H28N4O6S. The van der Waals surface area contributed by atoms with E-state index < -0.39 is 33.4 Å². The Morgan fingerprint density at radius 3 is 2.39 bits per heavy atom. The maximum Gasteiger partial charge on any atom is 0.271 e. The normalized spacial score (nSPS) is 12.0. The molecule has 0 aromatic heterocycles. The lowest BCUT2D eigenvalue weighted by Crippen LogP contribution is -2.51. The predicted molar refractivity (Wildman–Crippen MR) is 125 cm³/mol. The number of aryl methyl sites for hydroxylation is 1. The molecule has 0 fully saturated rings. The summed E-state index contributed by atoms with van der Waals surface area (Å²) in [4.78, 5) is 37.7. The third kappa shape index (κ3) is 6.75. The topological polar surface area (TPSA) is 130 Å². The number of likely N-dealkylation sites (N-methyl/N-ethyl adjacent to an activating group) is 1. The number of benzene rings is 2. The van der Waals surface area contributed by atoms with Crippen LogP contribution < -0.4 is 9.62 Å². The first-order chi connectivity index (χ1) is 15.5. The molecule has 2 aromatic carbocycles. The number of amides is 2. The van der Waals surface area contributed by atoms with Crippen molar-refractivity contribution < 1.29 is 22.9 Å². The fraction of sp³-hybridized carbons (Fsp3) is 0.364. The van der Waals surface area contributed by atoms with Crippen molar-refractivity contribution in [2.24, 2.45) is 0 Å². The number of carbonyl (C=O) groups excluding carboxylic acids is 2. The lowest BCUT2D eigenvalue weighted by atomic mass is 10.1. The molecule has 0 saturated heterocycles. The first-order valence-corrected chi connectivity index (χ1v) is 12.1. The number of anilines is 1. The van der Waals surface area contributed by atoms with Gasteiger partial charge in [0.2, 0.25) is 21.8 Å². The van der Waals surface area contributed by atoms with E-state index in [0.29, 0.717) is 6.54 Å². The summed E-state index contributed by atoms with van der Waals surface area (Å²) in [6.45, 7) is 5.05. The summed E-state index contributed by atoms with van der Waals surface area (Å²) in [7, 11) is -3.96. The van der Waals surface area contributed by atoms with Crippen molar-refractivity contribution >= 4 is 33.2 Å². The zero-order valence-electron chi connectivity index (χ0n) is 19.0. The highest BCUT2D eigenvalue weighted by Gasteiger charge is 2.30. The Kier molecular flexibility index (Phi) is 8.52. The van der Waals surface area contributed by atoms with Crippen LogP contribution in [0.15, 0.2) is 48.5 Å². The number of hydrogen-bond donors (Lipinski definition) is 1. The number of nitro groups is 1. The number of nitrogens with one attached hydrogen (secondary N) is 1. The number of non-ortho nitro benzene ring substituents is 1. The van der Waals surface area contributed by atoms with Crippen molar-refractivity contribution in [1.82, 2.24) is 10.2 Å². The molecule has 1 unspecified atom stereocenters. The lowest BCUT2D eigenvalue weighted by molar-refractivity contribution is -0.384. The van der Waals surface area contributed by atoms with Gasteiger partial charge in [-0.1, -0.05) is 30.3 Å². The number of hydrogen-bond acceptors (Lipinski definition) is 6. The Hall–Kier alpha value is -3.47. The maximum absolute atomic E-state index is 13.4. The zero-order valence-corrected chi connectivity index (χ0v) is 19.8.